The number of aryl methyl sites for hydroxylation is 1. The van der Waals surface area contributed by atoms with Crippen molar-refractivity contribution in [2.45, 2.75) is 31.1 Å². The molecule has 30 heavy (non-hydrogen) atoms. The lowest BCUT2D eigenvalue weighted by Gasteiger charge is -2.15. The highest BCUT2D eigenvalue weighted by Crippen LogP contribution is 2.32. The average molecular weight is 446 g/mol. The molecule has 1 atom stereocenters. The number of fused-ring (bicyclic) bond motifs is 1. The number of thiazole rings is 1. The first kappa shape index (κ1) is 20.5. The van der Waals surface area contributed by atoms with Gasteiger partial charge in [-0.1, -0.05) is 19.1 Å². The monoisotopic (exact) mass is 445 g/mol. The maximum absolute atomic E-state index is 13.7. The van der Waals surface area contributed by atoms with Crippen LogP contribution in [0.5, 0.6) is 0 Å². The fraction of sp³-hybridized carbons (Fsp3) is 0.238. The van der Waals surface area contributed by atoms with Gasteiger partial charge in [0.1, 0.15) is 5.82 Å². The number of halogens is 1. The smallest absolute Gasteiger partial charge is 0.261 e. The molecule has 3 aromatic rings. The largest absolute Gasteiger partial charge is 0.298 e. The maximum atomic E-state index is 13.7. The molecule has 4 rings (SSSR count). The van der Waals surface area contributed by atoms with Crippen molar-refractivity contribution in [2.24, 2.45) is 5.92 Å². The molecule has 1 heterocycles. The van der Waals surface area contributed by atoms with Gasteiger partial charge in [-0.3, -0.25) is 14.8 Å². The summed E-state index contributed by atoms with van der Waals surface area (Å²) in [5, 5.41) is 3.34. The van der Waals surface area contributed by atoms with E-state index in [1.54, 1.807) is 0 Å². The summed E-state index contributed by atoms with van der Waals surface area (Å²) in [6.07, 6.45) is 3.00. The zero-order valence-corrected chi connectivity index (χ0v) is 17.8. The Hall–Kier alpha value is -2.78. The molecule has 0 fully saturated rings. The molecule has 156 valence electrons. The predicted molar refractivity (Wildman–Crippen MR) is 115 cm³/mol. The molecule has 1 unspecified atom stereocenters. The summed E-state index contributed by atoms with van der Waals surface area (Å²) in [6, 6.07) is 11.0. The number of carbonyl (C=O) groups excluding carboxylic acids is 1. The van der Waals surface area contributed by atoms with E-state index in [1.165, 1.54) is 64.7 Å². The van der Waals surface area contributed by atoms with Crippen LogP contribution in [0.4, 0.5) is 15.2 Å². The van der Waals surface area contributed by atoms with Gasteiger partial charge < -0.3 is 0 Å². The molecule has 0 aliphatic heterocycles. The lowest BCUT2D eigenvalue weighted by atomic mass is 9.93. The Morgan fingerprint density at radius 2 is 1.90 bits per heavy atom. The van der Waals surface area contributed by atoms with Gasteiger partial charge in [0.05, 0.1) is 16.3 Å². The van der Waals surface area contributed by atoms with E-state index < -0.39 is 15.8 Å². The summed E-state index contributed by atoms with van der Waals surface area (Å²) in [5.41, 5.74) is 1.22. The molecule has 2 aromatic carbocycles. The number of hydrogen-bond acceptors (Lipinski definition) is 5. The number of aromatic nitrogens is 1. The van der Waals surface area contributed by atoms with Crippen LogP contribution in [-0.2, 0) is 22.9 Å². The molecule has 6 nitrogen and oxygen atoms in total. The summed E-state index contributed by atoms with van der Waals surface area (Å²) in [5.74, 6) is -0.410. The van der Waals surface area contributed by atoms with Gasteiger partial charge in [-0.15, -0.1) is 11.3 Å². The van der Waals surface area contributed by atoms with Crippen molar-refractivity contribution >= 4 is 38.1 Å². The molecule has 0 bridgehead atoms. The molecule has 1 aromatic heterocycles. The van der Waals surface area contributed by atoms with Gasteiger partial charge in [-0.2, -0.15) is 0 Å². The number of amides is 1. The van der Waals surface area contributed by atoms with Crippen LogP contribution in [-0.4, -0.2) is 19.3 Å². The van der Waals surface area contributed by atoms with Crippen molar-refractivity contribution in [2.75, 3.05) is 10.0 Å². The summed E-state index contributed by atoms with van der Waals surface area (Å²) >= 11 is 1.49. The van der Waals surface area contributed by atoms with Crippen LogP contribution in [0.1, 0.15) is 34.3 Å². The van der Waals surface area contributed by atoms with E-state index in [9.17, 15) is 17.6 Å². The van der Waals surface area contributed by atoms with Crippen molar-refractivity contribution < 1.29 is 17.6 Å². The second-order valence-corrected chi connectivity index (χ2v) is 10.1. The highest BCUT2D eigenvalue weighted by Gasteiger charge is 2.21. The number of sulfonamides is 1. The Morgan fingerprint density at radius 3 is 2.63 bits per heavy atom. The van der Waals surface area contributed by atoms with E-state index in [0.29, 0.717) is 16.6 Å². The molecule has 0 radical (unpaired) electrons. The zero-order chi connectivity index (χ0) is 21.3. The fourth-order valence-electron chi connectivity index (χ4n) is 3.30. The Kier molecular flexibility index (Phi) is 5.57. The van der Waals surface area contributed by atoms with Gasteiger partial charge in [-0.05, 0) is 61.6 Å². The Labute approximate surface area is 178 Å². The van der Waals surface area contributed by atoms with Crippen LogP contribution in [0.3, 0.4) is 0 Å². The molecule has 9 heteroatoms. The third-order valence-electron chi connectivity index (χ3n) is 4.95. The highest BCUT2D eigenvalue weighted by atomic mass is 32.2. The third kappa shape index (κ3) is 4.36. The number of para-hydroxylation sites is 1. The van der Waals surface area contributed by atoms with E-state index in [0.717, 1.165) is 25.0 Å². The lowest BCUT2D eigenvalue weighted by Crippen LogP contribution is -2.15. The van der Waals surface area contributed by atoms with Crippen LogP contribution in [0.25, 0.3) is 0 Å². The number of nitrogens with zero attached hydrogens (tertiary/aromatic N) is 1. The first-order chi connectivity index (χ1) is 14.3. The molecular formula is C21H20FN3O3S2. The second kappa shape index (κ2) is 8.16. The highest BCUT2D eigenvalue weighted by molar-refractivity contribution is 7.92. The van der Waals surface area contributed by atoms with E-state index in [2.05, 4.69) is 21.9 Å². The minimum atomic E-state index is -3.98. The first-order valence-electron chi connectivity index (χ1n) is 9.49. The van der Waals surface area contributed by atoms with Crippen LogP contribution in [0, 0.1) is 11.7 Å². The number of anilines is 2. The molecule has 0 saturated carbocycles. The van der Waals surface area contributed by atoms with Gasteiger partial charge >= 0.3 is 0 Å². The van der Waals surface area contributed by atoms with Crippen molar-refractivity contribution in [3.05, 3.63) is 70.5 Å². The molecule has 0 saturated heterocycles. The quantitative estimate of drug-likeness (QED) is 0.607. The number of benzene rings is 2. The first-order valence-corrected chi connectivity index (χ1v) is 11.8. The minimum absolute atomic E-state index is 0.0685. The van der Waals surface area contributed by atoms with E-state index in [4.69, 9.17) is 0 Å². The topological polar surface area (TPSA) is 88.2 Å². The molecule has 1 aliphatic rings. The average Bonchev–Trinajstić information content (AvgIpc) is 3.11. The van der Waals surface area contributed by atoms with Gasteiger partial charge in [0.25, 0.3) is 15.9 Å². The summed E-state index contributed by atoms with van der Waals surface area (Å²) in [6.45, 7) is 2.21. The standard InChI is InChI=1S/C21H20FN3O3S2/c1-13-6-11-18-19(12-13)29-21(23-18)24-20(26)14-7-9-15(10-8-14)30(27,28)25-17-5-3-2-4-16(17)22/h2-5,7-10,13,25H,6,11-12H2,1H3,(H,23,24,26). The van der Waals surface area contributed by atoms with E-state index in [1.807, 2.05) is 0 Å². The summed E-state index contributed by atoms with van der Waals surface area (Å²) in [4.78, 5) is 18.2. The number of nitrogens with one attached hydrogen (secondary N) is 2. The van der Waals surface area contributed by atoms with Gasteiger partial charge in [0.15, 0.2) is 5.13 Å². The molecule has 1 amide bonds. The van der Waals surface area contributed by atoms with Crippen LogP contribution < -0.4 is 10.0 Å². The zero-order valence-electron chi connectivity index (χ0n) is 16.2. The summed E-state index contributed by atoms with van der Waals surface area (Å²) in [7, 11) is -3.98. The Morgan fingerprint density at radius 1 is 1.17 bits per heavy atom. The normalized spacial score (nSPS) is 16.0. The van der Waals surface area contributed by atoms with Crippen molar-refractivity contribution in [3.8, 4) is 0 Å². The second-order valence-electron chi connectivity index (χ2n) is 7.30. The minimum Gasteiger partial charge on any atom is -0.298 e. The number of carbonyl (C=O) groups is 1. The molecule has 1 aliphatic carbocycles. The third-order valence-corrected chi connectivity index (χ3v) is 7.37. The Bertz CT molecular complexity index is 1190. The lowest BCUT2D eigenvalue weighted by molar-refractivity contribution is 0.102. The SMILES string of the molecule is CC1CCc2nc(NC(=O)c3ccc(S(=O)(=O)Nc4ccccc4F)cc3)sc2C1. The van der Waals surface area contributed by atoms with Crippen molar-refractivity contribution in [3.63, 3.8) is 0 Å². The van der Waals surface area contributed by atoms with Gasteiger partial charge in [0, 0.05) is 10.4 Å². The molecule has 2 N–H and O–H groups in total. The van der Waals surface area contributed by atoms with Crippen molar-refractivity contribution in [1.82, 2.24) is 4.98 Å². The van der Waals surface area contributed by atoms with E-state index in [-0.39, 0.29) is 16.5 Å². The maximum Gasteiger partial charge on any atom is 0.261 e. The van der Waals surface area contributed by atoms with Gasteiger partial charge in [-0.25, -0.2) is 17.8 Å². The number of hydrogen-bond donors (Lipinski definition) is 2. The van der Waals surface area contributed by atoms with Crippen LogP contribution in [0.2, 0.25) is 0 Å². The molecule has 0 spiro atoms. The van der Waals surface area contributed by atoms with Crippen molar-refractivity contribution in [1.29, 1.82) is 0 Å². The predicted octanol–water partition coefficient (Wildman–Crippen LogP) is 4.46. The van der Waals surface area contributed by atoms with Gasteiger partial charge in [0.2, 0.25) is 0 Å². The van der Waals surface area contributed by atoms with Crippen LogP contribution >= 0.6 is 11.3 Å². The fourth-order valence-corrected chi connectivity index (χ4v) is 5.53. The number of rotatable bonds is 5. The molecular weight excluding hydrogens is 425 g/mol. The van der Waals surface area contributed by atoms with E-state index >= 15 is 0 Å². The summed E-state index contributed by atoms with van der Waals surface area (Å²) < 4.78 is 40.9. The Balaban J connectivity index is 1.46. The van der Waals surface area contributed by atoms with Crippen LogP contribution in [0.15, 0.2) is 53.4 Å².